The minimum atomic E-state index is -1.40. The van der Waals surface area contributed by atoms with Gasteiger partial charge in [0.2, 0.25) is 5.91 Å². The summed E-state index contributed by atoms with van der Waals surface area (Å²) in [5.41, 5.74) is 34.5. The van der Waals surface area contributed by atoms with Crippen LogP contribution in [0.2, 0.25) is 40.2 Å². The first kappa shape index (κ1) is 79.9. The lowest BCUT2D eigenvalue weighted by Gasteiger charge is -2.51. The standard InChI is InChI=1S/C78H83Cl8N5O13/c79-54-17-1-46(2-18-54)37-93-45-66-70(95-39-48-5-21-56(81)22-6-48)67(90)72(97-41-50-9-25-58(83)26-10-50)77(102-66)104-69-63(91-76(92)64(33-34-87)94-38-47-3-19-55(80)20-4-47)35-62(89)68(73(69)98-42-51-11-27-59(84)28-12-51)103-78-75(100-44-53-15-31-61(86)32-16-53)74(99-43-52-13-29-60(85)30-14-52)71(65(36-88)101-78)96-40-49-7-23-57(82)24-8-49/h1-32,62-75,77-78H,33-45,87-90H2,(H,91,92)/t62-,63+,64?,65-,66-,67+,68+,69-,70-,71-,72-,73-,74+,75-,77-,78-/m1/s1. The first-order valence-corrected chi connectivity index (χ1v) is 37.1. The van der Waals surface area contributed by atoms with Gasteiger partial charge in [-0.2, -0.15) is 0 Å². The van der Waals surface area contributed by atoms with E-state index in [1.54, 1.807) is 97.1 Å². The fraction of sp³-hybridized carbons (Fsp3) is 0.372. The fourth-order valence-corrected chi connectivity index (χ4v) is 13.6. The van der Waals surface area contributed by atoms with Gasteiger partial charge in [-0.1, -0.05) is 190 Å². The molecule has 0 radical (unpaired) electrons. The monoisotopic (exact) mass is 1580 g/mol. The number of benzene rings is 8. The quantitative estimate of drug-likeness (QED) is 0.0252. The van der Waals surface area contributed by atoms with Gasteiger partial charge in [0.05, 0.1) is 71.5 Å². The maximum absolute atomic E-state index is 15.3. The molecule has 8 aromatic rings. The normalized spacial score (nSPS) is 25.2. The third-order valence-corrected chi connectivity index (χ3v) is 20.1. The number of carbonyl (C=O) groups excluding carboxylic acids is 1. The average molecular weight is 1580 g/mol. The van der Waals surface area contributed by atoms with Crippen LogP contribution in [0.15, 0.2) is 194 Å². The molecule has 1 amide bonds. The SMILES string of the molecule is NCCC(OCc1ccc(Cl)cc1)C(=O)N[C@H]1C[C@@H](N)[C@H](O[C@H]2O[C@H](CN)[C@@H](OCc3ccc(Cl)cc3)[C@H](OCc3ccc(Cl)cc3)[C@H]2OCc2ccc(Cl)cc2)[C@@H](OCc2ccc(Cl)cc2)[C@@H]1O[C@H]1O[C@H](COCc2ccc(Cl)cc2)[C@@H](OCc2ccc(Cl)cc2)[C@H](N)[C@H]1OCc1ccc(Cl)cc1. The van der Waals surface area contributed by atoms with Crippen LogP contribution in [0.5, 0.6) is 0 Å². The van der Waals surface area contributed by atoms with Crippen LogP contribution in [0.4, 0.5) is 0 Å². The van der Waals surface area contributed by atoms with Gasteiger partial charge in [-0.05, 0) is 161 Å². The number of ether oxygens (including phenoxy) is 12. The summed E-state index contributed by atoms with van der Waals surface area (Å²) in [5.74, 6) is -0.519. The Kier molecular flexibility index (Phi) is 30.6. The third-order valence-electron chi connectivity index (χ3n) is 18.1. The summed E-state index contributed by atoms with van der Waals surface area (Å²) in [6.45, 7) is 0.419. The van der Waals surface area contributed by atoms with E-state index < -0.39 is 104 Å². The zero-order valence-corrected chi connectivity index (χ0v) is 62.6. The van der Waals surface area contributed by atoms with E-state index in [9.17, 15) is 0 Å². The highest BCUT2D eigenvalue weighted by molar-refractivity contribution is 6.32. The summed E-state index contributed by atoms with van der Waals surface area (Å²) >= 11 is 51.1. The van der Waals surface area contributed by atoms with Gasteiger partial charge in [0.25, 0.3) is 0 Å². The number of rotatable bonds is 34. The van der Waals surface area contributed by atoms with Crippen molar-refractivity contribution in [3.8, 4) is 0 Å². The van der Waals surface area contributed by atoms with E-state index in [2.05, 4.69) is 5.32 Å². The maximum Gasteiger partial charge on any atom is 0.249 e. The van der Waals surface area contributed by atoms with Crippen molar-refractivity contribution in [3.63, 3.8) is 0 Å². The molecule has 0 bridgehead atoms. The van der Waals surface area contributed by atoms with Crippen LogP contribution in [0, 0.1) is 0 Å². The molecule has 1 aliphatic carbocycles. The van der Waals surface area contributed by atoms with Crippen molar-refractivity contribution in [1.29, 1.82) is 0 Å². The molecule has 9 N–H and O–H groups in total. The van der Waals surface area contributed by atoms with Gasteiger partial charge in [0, 0.05) is 52.8 Å². The molecule has 104 heavy (non-hydrogen) atoms. The lowest BCUT2D eigenvalue weighted by atomic mass is 9.83. The van der Waals surface area contributed by atoms with Gasteiger partial charge in [0.15, 0.2) is 12.6 Å². The summed E-state index contributed by atoms with van der Waals surface area (Å²) in [5, 5.41) is 7.62. The van der Waals surface area contributed by atoms with E-state index in [0.29, 0.717) is 45.7 Å². The highest BCUT2D eigenvalue weighted by Crippen LogP contribution is 2.39. The van der Waals surface area contributed by atoms with Gasteiger partial charge in [0.1, 0.15) is 67.1 Å². The Hall–Kier alpha value is -5.09. The van der Waals surface area contributed by atoms with Gasteiger partial charge >= 0.3 is 0 Å². The van der Waals surface area contributed by atoms with Gasteiger partial charge in [-0.15, -0.1) is 0 Å². The molecule has 3 aliphatic rings. The first-order chi connectivity index (χ1) is 50.4. The van der Waals surface area contributed by atoms with Crippen molar-refractivity contribution in [2.75, 3.05) is 19.7 Å². The summed E-state index contributed by atoms with van der Waals surface area (Å²) in [4.78, 5) is 15.3. The second-order valence-corrected chi connectivity index (χ2v) is 29.2. The van der Waals surface area contributed by atoms with E-state index in [4.69, 9.17) is 173 Å². The van der Waals surface area contributed by atoms with Crippen molar-refractivity contribution in [1.82, 2.24) is 5.32 Å². The largest absolute Gasteiger partial charge is 0.374 e. The number of carbonyl (C=O) groups is 1. The van der Waals surface area contributed by atoms with Crippen LogP contribution in [0.1, 0.15) is 57.3 Å². The Morgan fingerprint density at radius 2 is 0.702 bits per heavy atom. The number of halogens is 8. The van der Waals surface area contributed by atoms with Crippen LogP contribution in [-0.4, -0.2) is 123 Å². The summed E-state index contributed by atoms with van der Waals surface area (Å²) in [6, 6.07) is 54.9. The molecule has 26 heteroatoms. The highest BCUT2D eigenvalue weighted by atomic mass is 35.5. The van der Waals surface area contributed by atoms with E-state index in [-0.39, 0.29) is 85.4 Å². The summed E-state index contributed by atoms with van der Waals surface area (Å²) in [7, 11) is 0. The molecular weight excluding hydrogens is 1500 g/mol. The summed E-state index contributed by atoms with van der Waals surface area (Å²) < 4.78 is 84.4. The van der Waals surface area contributed by atoms with E-state index >= 15 is 4.79 Å². The number of nitrogens with two attached hydrogens (primary N) is 4. The Labute approximate surface area is 646 Å². The molecule has 16 atom stereocenters. The molecule has 1 saturated carbocycles. The van der Waals surface area contributed by atoms with Crippen molar-refractivity contribution in [2.24, 2.45) is 22.9 Å². The molecular formula is C78H83Cl8N5O13. The number of hydrogen-bond donors (Lipinski definition) is 5. The smallest absolute Gasteiger partial charge is 0.249 e. The van der Waals surface area contributed by atoms with Crippen molar-refractivity contribution >= 4 is 98.7 Å². The average Bonchev–Trinajstić information content (AvgIpc) is 0.768. The minimum Gasteiger partial charge on any atom is -0.374 e. The van der Waals surface area contributed by atoms with Crippen LogP contribution in [0.25, 0.3) is 0 Å². The lowest BCUT2D eigenvalue weighted by Crippen LogP contribution is -2.70. The molecule has 18 nitrogen and oxygen atoms in total. The first-order valence-electron chi connectivity index (χ1n) is 34.1. The van der Waals surface area contributed by atoms with Gasteiger partial charge < -0.3 is 85.1 Å². The highest BCUT2D eigenvalue weighted by Gasteiger charge is 2.56. The Morgan fingerprint density at radius 1 is 0.385 bits per heavy atom. The molecule has 0 spiro atoms. The molecule has 3 fully saturated rings. The van der Waals surface area contributed by atoms with Crippen molar-refractivity contribution < 1.29 is 61.6 Å². The molecule has 11 rings (SSSR count). The van der Waals surface area contributed by atoms with Crippen LogP contribution in [-0.2, 0) is 114 Å². The molecule has 0 aromatic heterocycles. The Balaban J connectivity index is 1.01. The molecule has 554 valence electrons. The number of nitrogens with one attached hydrogen (secondary N) is 1. The Morgan fingerprint density at radius 3 is 1.10 bits per heavy atom. The Bertz CT molecular complexity index is 3910. The third kappa shape index (κ3) is 23.0. The van der Waals surface area contributed by atoms with Crippen molar-refractivity contribution in [2.45, 2.75) is 164 Å². The van der Waals surface area contributed by atoms with Crippen LogP contribution in [0.3, 0.4) is 0 Å². The second-order valence-electron chi connectivity index (χ2n) is 25.7. The molecule has 2 aliphatic heterocycles. The van der Waals surface area contributed by atoms with Gasteiger partial charge in [-0.25, -0.2) is 0 Å². The predicted molar refractivity (Wildman–Crippen MR) is 404 cm³/mol. The predicted octanol–water partition coefficient (Wildman–Crippen LogP) is 14.6. The number of hydrogen-bond acceptors (Lipinski definition) is 17. The molecule has 2 saturated heterocycles. The topological polar surface area (TPSA) is 244 Å². The zero-order chi connectivity index (χ0) is 73.1. The number of amides is 1. The minimum absolute atomic E-state index is 0.00839. The maximum atomic E-state index is 15.3. The molecule has 2 heterocycles. The van der Waals surface area contributed by atoms with E-state index in [0.717, 1.165) is 38.9 Å². The fourth-order valence-electron chi connectivity index (χ4n) is 12.6. The van der Waals surface area contributed by atoms with E-state index in [1.807, 2.05) is 97.1 Å². The summed E-state index contributed by atoms with van der Waals surface area (Å²) in [6.07, 6.45) is -14.3. The van der Waals surface area contributed by atoms with Crippen LogP contribution >= 0.6 is 92.8 Å². The molecule has 8 aromatic carbocycles. The lowest BCUT2D eigenvalue weighted by molar-refractivity contribution is -0.351. The molecule has 1 unspecified atom stereocenters. The zero-order valence-electron chi connectivity index (χ0n) is 56.5. The second kappa shape index (κ2) is 39.8. The van der Waals surface area contributed by atoms with Crippen molar-refractivity contribution in [3.05, 3.63) is 279 Å². The van der Waals surface area contributed by atoms with Gasteiger partial charge in [-0.3, -0.25) is 4.79 Å². The van der Waals surface area contributed by atoms with E-state index in [1.165, 1.54) is 0 Å². The van der Waals surface area contributed by atoms with Crippen LogP contribution < -0.4 is 28.3 Å².